The molecule has 3 N–H and O–H groups in total. The van der Waals surface area contributed by atoms with E-state index in [1.165, 1.54) is 0 Å². The molecule has 0 bridgehead atoms. The Bertz CT molecular complexity index is 299. The average molecular weight is 222 g/mol. The van der Waals surface area contributed by atoms with Crippen molar-refractivity contribution >= 4 is 5.69 Å². The lowest BCUT2D eigenvalue weighted by Crippen LogP contribution is -2.19. The molecule has 0 saturated heterocycles. The summed E-state index contributed by atoms with van der Waals surface area (Å²) in [4.78, 5) is 0. The molecule has 0 unspecified atom stereocenters. The number of anilines is 1. The van der Waals surface area contributed by atoms with Gasteiger partial charge in [-0.3, -0.25) is 0 Å². The number of hydrogen-bond acceptors (Lipinski definition) is 3. The predicted molar refractivity (Wildman–Crippen MR) is 68.9 cm³/mol. The lowest BCUT2D eigenvalue weighted by atomic mass is 10.1. The van der Waals surface area contributed by atoms with E-state index in [1.807, 2.05) is 18.2 Å². The maximum Gasteiger partial charge on any atom is 0.142 e. The highest BCUT2D eigenvalue weighted by Crippen LogP contribution is 2.29. The topological polar surface area (TPSA) is 47.3 Å². The normalized spacial score (nSPS) is 10.6. The summed E-state index contributed by atoms with van der Waals surface area (Å²) in [6.45, 7) is 4.89. The number of ether oxygens (including phenoxy) is 1. The van der Waals surface area contributed by atoms with E-state index in [2.05, 4.69) is 19.2 Å². The Morgan fingerprint density at radius 1 is 1.31 bits per heavy atom. The van der Waals surface area contributed by atoms with Crippen LogP contribution in [0.5, 0.6) is 5.75 Å². The molecular weight excluding hydrogens is 200 g/mol. The second-order valence-electron chi connectivity index (χ2n) is 3.86. The number of hydrogen-bond donors (Lipinski definition) is 2. The highest BCUT2D eigenvalue weighted by molar-refractivity contribution is 5.62. The first-order valence-electron chi connectivity index (χ1n) is 5.89. The Kier molecular flexibility index (Phi) is 5.12. The van der Waals surface area contributed by atoms with Crippen LogP contribution in [0.1, 0.15) is 32.3 Å². The fraction of sp³-hybridized carbons (Fsp3) is 0.538. The lowest BCUT2D eigenvalue weighted by molar-refractivity contribution is 0.415. The number of methoxy groups -OCH3 is 1. The first kappa shape index (κ1) is 12.8. The molecule has 1 aromatic carbocycles. The summed E-state index contributed by atoms with van der Waals surface area (Å²) in [5.41, 5.74) is 7.88. The van der Waals surface area contributed by atoms with Crippen LogP contribution >= 0.6 is 0 Å². The summed E-state index contributed by atoms with van der Waals surface area (Å²) < 4.78 is 5.36. The van der Waals surface area contributed by atoms with E-state index < -0.39 is 0 Å². The van der Waals surface area contributed by atoms with Crippen LogP contribution in [0, 0.1) is 0 Å². The van der Waals surface area contributed by atoms with Gasteiger partial charge in [-0.2, -0.15) is 0 Å². The van der Waals surface area contributed by atoms with Crippen molar-refractivity contribution < 1.29 is 4.74 Å². The highest BCUT2D eigenvalue weighted by atomic mass is 16.5. The predicted octanol–water partition coefficient (Wildman–Crippen LogP) is 2.75. The largest absolute Gasteiger partial charge is 0.495 e. The van der Waals surface area contributed by atoms with Crippen LogP contribution in [-0.4, -0.2) is 13.2 Å². The van der Waals surface area contributed by atoms with Crippen LogP contribution in [0.15, 0.2) is 18.2 Å². The van der Waals surface area contributed by atoms with Gasteiger partial charge in [0, 0.05) is 12.6 Å². The van der Waals surface area contributed by atoms with Crippen molar-refractivity contribution in [1.82, 2.24) is 0 Å². The molecule has 0 radical (unpaired) electrons. The third kappa shape index (κ3) is 2.89. The number of nitrogens with two attached hydrogens (primary N) is 1. The minimum Gasteiger partial charge on any atom is -0.495 e. The number of benzene rings is 1. The SMILES string of the molecule is CCC(CC)Nc1c(CN)cccc1OC. The Morgan fingerprint density at radius 2 is 2.00 bits per heavy atom. The minimum absolute atomic E-state index is 0.474. The standard InChI is InChI=1S/C13H22N2O/c1-4-11(5-2)15-13-10(9-14)7-6-8-12(13)16-3/h6-8,11,15H,4-5,9,14H2,1-3H3. The third-order valence-corrected chi connectivity index (χ3v) is 2.89. The number of rotatable bonds is 6. The molecule has 3 nitrogen and oxygen atoms in total. The van der Waals surface area contributed by atoms with Gasteiger partial charge in [0.2, 0.25) is 0 Å². The Hall–Kier alpha value is -1.22. The van der Waals surface area contributed by atoms with Crippen LogP contribution < -0.4 is 15.8 Å². The van der Waals surface area contributed by atoms with Gasteiger partial charge in [-0.25, -0.2) is 0 Å². The van der Waals surface area contributed by atoms with Crippen LogP contribution in [0.2, 0.25) is 0 Å². The Balaban J connectivity index is 2.98. The van der Waals surface area contributed by atoms with Crippen LogP contribution in [-0.2, 0) is 6.54 Å². The maximum absolute atomic E-state index is 5.74. The van der Waals surface area contributed by atoms with Crippen molar-refractivity contribution in [2.75, 3.05) is 12.4 Å². The monoisotopic (exact) mass is 222 g/mol. The molecule has 0 aliphatic heterocycles. The molecule has 0 aromatic heterocycles. The molecule has 0 spiro atoms. The van der Waals surface area contributed by atoms with E-state index in [-0.39, 0.29) is 0 Å². The molecule has 1 aromatic rings. The molecule has 16 heavy (non-hydrogen) atoms. The summed E-state index contributed by atoms with van der Waals surface area (Å²) in [6, 6.07) is 6.44. The van der Waals surface area contributed by atoms with E-state index in [0.29, 0.717) is 12.6 Å². The van der Waals surface area contributed by atoms with Crippen LogP contribution in [0.25, 0.3) is 0 Å². The second-order valence-corrected chi connectivity index (χ2v) is 3.86. The van der Waals surface area contributed by atoms with E-state index >= 15 is 0 Å². The molecular formula is C13H22N2O. The molecule has 1 rings (SSSR count). The summed E-state index contributed by atoms with van der Waals surface area (Å²) in [5, 5.41) is 3.51. The highest BCUT2D eigenvalue weighted by Gasteiger charge is 2.11. The minimum atomic E-state index is 0.474. The van der Waals surface area contributed by atoms with Crippen molar-refractivity contribution in [3.8, 4) is 5.75 Å². The molecule has 0 aliphatic rings. The van der Waals surface area contributed by atoms with E-state index in [0.717, 1.165) is 29.8 Å². The average Bonchev–Trinajstić information content (AvgIpc) is 2.35. The zero-order chi connectivity index (χ0) is 12.0. The van der Waals surface area contributed by atoms with Gasteiger partial charge in [0.15, 0.2) is 0 Å². The summed E-state index contributed by atoms with van der Waals surface area (Å²) in [7, 11) is 1.69. The first-order chi connectivity index (χ1) is 7.76. The van der Waals surface area contributed by atoms with Gasteiger partial charge in [0.05, 0.1) is 12.8 Å². The number of nitrogens with one attached hydrogen (secondary N) is 1. The summed E-state index contributed by atoms with van der Waals surface area (Å²) in [6.07, 6.45) is 2.19. The zero-order valence-electron chi connectivity index (χ0n) is 10.4. The van der Waals surface area contributed by atoms with Gasteiger partial charge in [-0.1, -0.05) is 26.0 Å². The quantitative estimate of drug-likeness (QED) is 0.778. The van der Waals surface area contributed by atoms with E-state index in [4.69, 9.17) is 10.5 Å². The molecule has 0 amide bonds. The Labute approximate surface area is 98.0 Å². The molecule has 90 valence electrons. The smallest absolute Gasteiger partial charge is 0.142 e. The maximum atomic E-state index is 5.74. The van der Waals surface area contributed by atoms with E-state index in [1.54, 1.807) is 7.11 Å². The van der Waals surface area contributed by atoms with Gasteiger partial charge < -0.3 is 15.8 Å². The molecule has 0 fully saturated rings. The van der Waals surface area contributed by atoms with Gasteiger partial charge >= 0.3 is 0 Å². The fourth-order valence-corrected chi connectivity index (χ4v) is 1.78. The molecule has 0 saturated carbocycles. The molecule has 0 atom stereocenters. The zero-order valence-corrected chi connectivity index (χ0v) is 10.4. The second kappa shape index (κ2) is 6.38. The van der Waals surface area contributed by atoms with Crippen molar-refractivity contribution in [3.05, 3.63) is 23.8 Å². The van der Waals surface area contributed by atoms with Crippen molar-refractivity contribution in [1.29, 1.82) is 0 Å². The van der Waals surface area contributed by atoms with Gasteiger partial charge in [-0.15, -0.1) is 0 Å². The third-order valence-electron chi connectivity index (χ3n) is 2.89. The molecule has 3 heteroatoms. The fourth-order valence-electron chi connectivity index (χ4n) is 1.78. The van der Waals surface area contributed by atoms with Gasteiger partial charge in [-0.05, 0) is 24.5 Å². The summed E-state index contributed by atoms with van der Waals surface area (Å²) in [5.74, 6) is 0.870. The van der Waals surface area contributed by atoms with Gasteiger partial charge in [0.25, 0.3) is 0 Å². The first-order valence-corrected chi connectivity index (χ1v) is 5.89. The van der Waals surface area contributed by atoms with Gasteiger partial charge in [0.1, 0.15) is 5.75 Å². The van der Waals surface area contributed by atoms with Crippen molar-refractivity contribution in [3.63, 3.8) is 0 Å². The van der Waals surface area contributed by atoms with Crippen LogP contribution in [0.3, 0.4) is 0 Å². The van der Waals surface area contributed by atoms with Crippen molar-refractivity contribution in [2.45, 2.75) is 39.3 Å². The van der Waals surface area contributed by atoms with Crippen molar-refractivity contribution in [2.24, 2.45) is 5.73 Å². The molecule has 0 heterocycles. The van der Waals surface area contributed by atoms with E-state index in [9.17, 15) is 0 Å². The molecule has 0 aliphatic carbocycles. The lowest BCUT2D eigenvalue weighted by Gasteiger charge is -2.21. The Morgan fingerprint density at radius 3 is 2.50 bits per heavy atom. The number of para-hydroxylation sites is 1. The summed E-state index contributed by atoms with van der Waals surface area (Å²) >= 11 is 0. The van der Waals surface area contributed by atoms with Crippen LogP contribution in [0.4, 0.5) is 5.69 Å².